The van der Waals surface area contributed by atoms with Crippen LogP contribution in [0.25, 0.3) is 10.7 Å². The van der Waals surface area contributed by atoms with E-state index in [-0.39, 0.29) is 23.3 Å². The molecule has 0 saturated carbocycles. The van der Waals surface area contributed by atoms with Gasteiger partial charge >= 0.3 is 5.97 Å². The highest BCUT2D eigenvalue weighted by molar-refractivity contribution is 7.91. The largest absolute Gasteiger partial charge is 0.455 e. The minimum atomic E-state index is -3.57. The second kappa shape index (κ2) is 8.11. The maximum absolute atomic E-state index is 12.7. The quantitative estimate of drug-likeness (QED) is 0.544. The number of nitrogens with zero attached hydrogens (tertiary/aromatic N) is 3. The van der Waals surface area contributed by atoms with Crippen LogP contribution in [-0.4, -0.2) is 41.9 Å². The highest BCUT2D eigenvalue weighted by atomic mass is 32.2. The molecule has 0 N–H and O–H groups in total. The number of carbonyl (C=O) groups is 1. The third-order valence-corrected chi connectivity index (χ3v) is 8.46. The molecule has 1 aliphatic rings. The zero-order valence-corrected chi connectivity index (χ0v) is 17.1. The summed E-state index contributed by atoms with van der Waals surface area (Å²) in [6.07, 6.45) is 1.19. The van der Waals surface area contributed by atoms with E-state index >= 15 is 0 Å². The maximum atomic E-state index is 12.7. The Morgan fingerprint density at radius 2 is 2.11 bits per heavy atom. The summed E-state index contributed by atoms with van der Waals surface area (Å²) in [5.74, 6) is -0.312. The van der Waals surface area contributed by atoms with Gasteiger partial charge in [0.25, 0.3) is 15.9 Å². The number of esters is 1. The lowest BCUT2D eigenvalue weighted by Gasteiger charge is -2.30. The van der Waals surface area contributed by atoms with Crippen molar-refractivity contribution < 1.29 is 22.5 Å². The number of thiophene rings is 2. The van der Waals surface area contributed by atoms with Crippen molar-refractivity contribution in [1.82, 2.24) is 14.4 Å². The van der Waals surface area contributed by atoms with Crippen LogP contribution in [-0.2, 0) is 26.2 Å². The summed E-state index contributed by atoms with van der Waals surface area (Å²) in [4.78, 5) is 17.5. The smallest absolute Gasteiger partial charge is 0.310 e. The lowest BCUT2D eigenvalue weighted by Crippen LogP contribution is -2.42. The number of carbonyl (C=O) groups excluding carboxylic acids is 1. The highest BCUT2D eigenvalue weighted by Gasteiger charge is 2.34. The molecule has 1 fully saturated rings. The van der Waals surface area contributed by atoms with Crippen molar-refractivity contribution in [2.45, 2.75) is 23.7 Å². The van der Waals surface area contributed by atoms with Crippen molar-refractivity contribution in [3.63, 3.8) is 0 Å². The van der Waals surface area contributed by atoms with E-state index in [4.69, 9.17) is 9.26 Å². The molecule has 3 aromatic heterocycles. The SMILES string of the molecule is O=C(OCc1nc(-c2cccs2)no1)C1CCCN(S(=O)(=O)c2cccs2)C1. The highest BCUT2D eigenvalue weighted by Crippen LogP contribution is 2.27. The van der Waals surface area contributed by atoms with Crippen LogP contribution in [0.2, 0.25) is 0 Å². The Morgan fingerprint density at radius 1 is 1.29 bits per heavy atom. The molecule has 0 aliphatic carbocycles. The maximum Gasteiger partial charge on any atom is 0.310 e. The number of hydrogen-bond acceptors (Lipinski definition) is 9. The number of ether oxygens (including phenoxy) is 1. The third kappa shape index (κ3) is 4.02. The Morgan fingerprint density at radius 3 is 2.86 bits per heavy atom. The molecule has 1 aliphatic heterocycles. The van der Waals surface area contributed by atoms with Crippen molar-refractivity contribution in [3.05, 3.63) is 40.9 Å². The van der Waals surface area contributed by atoms with Gasteiger partial charge in [0.15, 0.2) is 6.61 Å². The summed E-state index contributed by atoms with van der Waals surface area (Å²) < 4.78 is 37.4. The van der Waals surface area contributed by atoms with Crippen LogP contribution in [0.4, 0.5) is 0 Å². The summed E-state index contributed by atoms with van der Waals surface area (Å²) in [6.45, 7) is 0.382. The monoisotopic (exact) mass is 439 g/mol. The number of sulfonamides is 1. The number of rotatable bonds is 6. The fraction of sp³-hybridized carbons (Fsp3) is 0.353. The molecule has 0 radical (unpaired) electrons. The van der Waals surface area contributed by atoms with Gasteiger partial charge in [-0.2, -0.15) is 9.29 Å². The van der Waals surface area contributed by atoms with Gasteiger partial charge in [-0.15, -0.1) is 22.7 Å². The van der Waals surface area contributed by atoms with E-state index in [1.165, 1.54) is 27.0 Å². The molecule has 0 bridgehead atoms. The molecule has 1 atom stereocenters. The predicted octanol–water partition coefficient (Wildman–Crippen LogP) is 3.00. The lowest BCUT2D eigenvalue weighted by atomic mass is 10.0. The number of aromatic nitrogens is 2. The molecule has 148 valence electrons. The Bertz CT molecular complexity index is 1030. The fourth-order valence-corrected chi connectivity index (χ4v) is 6.28. The molecular formula is C17H17N3O5S3. The number of hydrogen-bond donors (Lipinski definition) is 0. The molecule has 3 aromatic rings. The average Bonchev–Trinajstić information content (AvgIpc) is 3.48. The molecule has 4 rings (SSSR count). The molecule has 1 unspecified atom stereocenters. The first-order chi connectivity index (χ1) is 13.5. The number of piperidine rings is 1. The summed E-state index contributed by atoms with van der Waals surface area (Å²) >= 11 is 2.65. The van der Waals surface area contributed by atoms with Gasteiger partial charge in [-0.1, -0.05) is 17.3 Å². The predicted molar refractivity (Wildman–Crippen MR) is 103 cm³/mol. The fourth-order valence-electron chi connectivity index (χ4n) is 2.96. The molecule has 8 nitrogen and oxygen atoms in total. The Kier molecular flexibility index (Phi) is 5.58. The minimum Gasteiger partial charge on any atom is -0.455 e. The van der Waals surface area contributed by atoms with Crippen molar-refractivity contribution in [3.8, 4) is 10.7 Å². The summed E-state index contributed by atoms with van der Waals surface area (Å²) in [5, 5.41) is 7.50. The first-order valence-electron chi connectivity index (χ1n) is 8.61. The van der Waals surface area contributed by atoms with E-state index in [0.717, 1.165) is 4.88 Å². The zero-order valence-electron chi connectivity index (χ0n) is 14.7. The van der Waals surface area contributed by atoms with Crippen molar-refractivity contribution in [1.29, 1.82) is 0 Å². The van der Waals surface area contributed by atoms with Gasteiger partial charge in [0, 0.05) is 13.1 Å². The molecule has 28 heavy (non-hydrogen) atoms. The molecular weight excluding hydrogens is 422 g/mol. The summed E-state index contributed by atoms with van der Waals surface area (Å²) in [6, 6.07) is 7.02. The third-order valence-electron chi connectivity index (χ3n) is 4.35. The van der Waals surface area contributed by atoms with Crippen LogP contribution < -0.4 is 0 Å². The topological polar surface area (TPSA) is 103 Å². The van der Waals surface area contributed by atoms with Crippen molar-refractivity contribution in [2.75, 3.05) is 13.1 Å². The van der Waals surface area contributed by atoms with Gasteiger partial charge in [0.1, 0.15) is 4.21 Å². The molecule has 11 heteroatoms. The van der Waals surface area contributed by atoms with Crippen LogP contribution >= 0.6 is 22.7 Å². The first kappa shape index (κ1) is 19.2. The molecule has 0 amide bonds. The van der Waals surface area contributed by atoms with Gasteiger partial charge in [-0.05, 0) is 35.7 Å². The lowest BCUT2D eigenvalue weighted by molar-refractivity contribution is -0.151. The van der Waals surface area contributed by atoms with E-state index in [0.29, 0.717) is 25.2 Å². The summed E-state index contributed by atoms with van der Waals surface area (Å²) in [7, 11) is -3.57. The first-order valence-corrected chi connectivity index (χ1v) is 11.8. The molecule has 0 spiro atoms. The van der Waals surface area contributed by atoms with Gasteiger partial charge < -0.3 is 9.26 Å². The van der Waals surface area contributed by atoms with E-state index in [2.05, 4.69) is 10.1 Å². The standard InChI is InChI=1S/C17H17N3O5S3/c21-17(24-11-14-18-16(19-25-14)13-5-2-8-26-13)12-4-1-7-20(10-12)28(22,23)15-6-3-9-27-15/h2-3,5-6,8-9,12H,1,4,7,10-11H2. The van der Waals surface area contributed by atoms with Crippen LogP contribution in [0.1, 0.15) is 18.7 Å². The van der Waals surface area contributed by atoms with E-state index in [9.17, 15) is 13.2 Å². The molecule has 1 saturated heterocycles. The van der Waals surface area contributed by atoms with Crippen LogP contribution in [0, 0.1) is 5.92 Å². The van der Waals surface area contributed by atoms with Gasteiger partial charge in [-0.25, -0.2) is 8.42 Å². The zero-order chi connectivity index (χ0) is 19.6. The Balaban J connectivity index is 1.36. The second-order valence-electron chi connectivity index (χ2n) is 6.23. The van der Waals surface area contributed by atoms with Gasteiger partial charge in [-0.3, -0.25) is 4.79 Å². The molecule has 0 aromatic carbocycles. The van der Waals surface area contributed by atoms with Crippen LogP contribution in [0.15, 0.2) is 43.8 Å². The Hall–Kier alpha value is -2.08. The Labute approximate surface area is 169 Å². The molecule has 4 heterocycles. The van der Waals surface area contributed by atoms with Gasteiger partial charge in [0.05, 0.1) is 10.8 Å². The van der Waals surface area contributed by atoms with E-state index in [1.54, 1.807) is 17.5 Å². The van der Waals surface area contributed by atoms with Crippen molar-refractivity contribution in [2.24, 2.45) is 5.92 Å². The van der Waals surface area contributed by atoms with Crippen molar-refractivity contribution >= 4 is 38.7 Å². The minimum absolute atomic E-state index is 0.114. The average molecular weight is 440 g/mol. The second-order valence-corrected chi connectivity index (χ2v) is 10.3. The van der Waals surface area contributed by atoms with Crippen LogP contribution in [0.5, 0.6) is 0 Å². The van der Waals surface area contributed by atoms with Gasteiger partial charge in [0.2, 0.25) is 5.82 Å². The summed E-state index contributed by atoms with van der Waals surface area (Å²) in [5.41, 5.74) is 0. The van der Waals surface area contributed by atoms with E-state index < -0.39 is 21.9 Å². The normalized spacial score (nSPS) is 18.2. The van der Waals surface area contributed by atoms with E-state index in [1.807, 2.05) is 17.5 Å². The van der Waals surface area contributed by atoms with Crippen LogP contribution in [0.3, 0.4) is 0 Å².